The van der Waals surface area contributed by atoms with Crippen molar-refractivity contribution in [3.8, 4) is 5.75 Å². The number of methoxy groups -OCH3 is 2. The third kappa shape index (κ3) is 6.72. The van der Waals surface area contributed by atoms with Gasteiger partial charge in [-0.25, -0.2) is 13.4 Å². The number of hydrogen-bond donors (Lipinski definition) is 0. The third-order valence-corrected chi connectivity index (χ3v) is 7.08. The van der Waals surface area contributed by atoms with Crippen LogP contribution >= 0.6 is 11.6 Å². The van der Waals surface area contributed by atoms with Crippen molar-refractivity contribution < 1.29 is 22.7 Å². The largest absolute Gasteiger partial charge is 0.497 e. The summed E-state index contributed by atoms with van der Waals surface area (Å²) < 4.78 is 38.6. The predicted octanol–water partition coefficient (Wildman–Crippen LogP) is 3.99. The number of rotatable bonds is 12. The number of amides is 1. The summed E-state index contributed by atoms with van der Waals surface area (Å²) in [6.45, 7) is 4.66. The number of carbonyl (C=O) groups is 1. The molecule has 0 bridgehead atoms. The van der Waals surface area contributed by atoms with Crippen molar-refractivity contribution >= 4 is 27.3 Å². The Morgan fingerprint density at radius 3 is 2.66 bits per heavy atom. The van der Waals surface area contributed by atoms with Gasteiger partial charge in [0.2, 0.25) is 15.0 Å². The van der Waals surface area contributed by atoms with Crippen molar-refractivity contribution in [1.29, 1.82) is 0 Å². The lowest BCUT2D eigenvalue weighted by atomic mass is 10.2. The molecule has 1 amide bonds. The van der Waals surface area contributed by atoms with E-state index in [0.29, 0.717) is 27.6 Å². The fraction of sp³-hybridized carbons (Fsp3) is 0.280. The fourth-order valence-electron chi connectivity index (χ4n) is 3.61. The van der Waals surface area contributed by atoms with Gasteiger partial charge < -0.3 is 18.9 Å². The van der Waals surface area contributed by atoms with Crippen LogP contribution in [0.4, 0.5) is 0 Å². The maximum atomic E-state index is 13.3. The van der Waals surface area contributed by atoms with Gasteiger partial charge in [0.05, 0.1) is 37.9 Å². The van der Waals surface area contributed by atoms with Gasteiger partial charge in [-0.3, -0.25) is 4.79 Å². The number of nitrogens with zero attached hydrogens (tertiary/aromatic N) is 3. The average Bonchev–Trinajstić information content (AvgIpc) is 3.25. The quantitative estimate of drug-likeness (QED) is 0.337. The van der Waals surface area contributed by atoms with Crippen LogP contribution in [0.1, 0.15) is 21.6 Å². The molecule has 0 fully saturated rings. The normalized spacial score (nSPS) is 11.3. The minimum atomic E-state index is -3.80. The lowest BCUT2D eigenvalue weighted by molar-refractivity contribution is 0.0758. The number of benzene rings is 2. The second kappa shape index (κ2) is 12.0. The number of aromatic nitrogens is 2. The highest BCUT2D eigenvalue weighted by Gasteiger charge is 2.26. The molecule has 35 heavy (non-hydrogen) atoms. The minimum absolute atomic E-state index is 0.0823. The molecular weight excluding hydrogens is 490 g/mol. The van der Waals surface area contributed by atoms with Gasteiger partial charge in [-0.1, -0.05) is 35.9 Å². The second-order valence-corrected chi connectivity index (χ2v) is 10.1. The van der Waals surface area contributed by atoms with Crippen molar-refractivity contribution in [3.63, 3.8) is 0 Å². The molecule has 0 saturated carbocycles. The lowest BCUT2D eigenvalue weighted by Gasteiger charge is -2.22. The lowest BCUT2D eigenvalue weighted by Crippen LogP contribution is -2.32. The average molecular weight is 518 g/mol. The summed E-state index contributed by atoms with van der Waals surface area (Å²) in [5.41, 5.74) is 1.56. The van der Waals surface area contributed by atoms with E-state index >= 15 is 0 Å². The maximum Gasteiger partial charge on any atom is 0.254 e. The van der Waals surface area contributed by atoms with E-state index in [2.05, 4.69) is 11.6 Å². The summed E-state index contributed by atoms with van der Waals surface area (Å²) >= 11 is 6.06. The molecule has 3 rings (SSSR count). The number of sulfone groups is 1. The number of hydrogen-bond acceptors (Lipinski definition) is 6. The predicted molar refractivity (Wildman–Crippen MR) is 134 cm³/mol. The van der Waals surface area contributed by atoms with Crippen LogP contribution in [-0.2, 0) is 33.4 Å². The molecule has 0 radical (unpaired) electrons. The van der Waals surface area contributed by atoms with Crippen molar-refractivity contribution in [2.45, 2.75) is 24.0 Å². The summed E-state index contributed by atoms with van der Waals surface area (Å²) in [4.78, 5) is 19.0. The van der Waals surface area contributed by atoms with E-state index < -0.39 is 9.84 Å². The van der Waals surface area contributed by atoms with E-state index in [1.807, 2.05) is 0 Å². The minimum Gasteiger partial charge on any atom is -0.497 e. The number of imidazole rings is 1. The summed E-state index contributed by atoms with van der Waals surface area (Å²) in [6.07, 6.45) is 3.09. The summed E-state index contributed by atoms with van der Waals surface area (Å²) in [5, 5.41) is 0.367. The van der Waals surface area contributed by atoms with Crippen LogP contribution in [0.15, 0.2) is 72.5 Å². The summed E-state index contributed by atoms with van der Waals surface area (Å²) in [7, 11) is -0.745. The highest BCUT2D eigenvalue weighted by atomic mass is 35.5. The topological polar surface area (TPSA) is 90.7 Å². The first-order valence-electron chi connectivity index (χ1n) is 10.8. The molecule has 0 N–H and O–H groups in total. The van der Waals surface area contributed by atoms with Crippen LogP contribution in [0, 0.1) is 0 Å². The first kappa shape index (κ1) is 26.5. The Kier molecular flexibility index (Phi) is 9.08. The van der Waals surface area contributed by atoms with Crippen molar-refractivity contribution in [1.82, 2.24) is 14.5 Å². The van der Waals surface area contributed by atoms with Crippen LogP contribution in [0.3, 0.4) is 0 Å². The molecule has 0 aliphatic heterocycles. The number of ether oxygens (including phenoxy) is 2. The molecule has 0 saturated heterocycles. The van der Waals surface area contributed by atoms with Gasteiger partial charge in [0.1, 0.15) is 5.75 Å². The zero-order valence-corrected chi connectivity index (χ0v) is 21.3. The molecule has 0 aliphatic carbocycles. The number of carbonyl (C=O) groups excluding carboxylic acids is 1. The van der Waals surface area contributed by atoms with E-state index in [4.69, 9.17) is 21.1 Å². The number of halogens is 1. The van der Waals surface area contributed by atoms with Gasteiger partial charge in [0.25, 0.3) is 5.91 Å². The molecular formula is C25H28ClN3O5S. The second-order valence-electron chi connectivity index (χ2n) is 7.77. The summed E-state index contributed by atoms with van der Waals surface area (Å²) in [5.74, 6) is 0.0687. The van der Waals surface area contributed by atoms with Gasteiger partial charge >= 0.3 is 0 Å². The first-order chi connectivity index (χ1) is 16.8. The van der Waals surface area contributed by atoms with Crippen molar-refractivity contribution in [2.24, 2.45) is 0 Å². The Labute approximate surface area is 210 Å². The highest BCUT2D eigenvalue weighted by Crippen LogP contribution is 2.22. The SMILES string of the molecule is C=CCN(Cc1cnc(S(=O)(=O)Cc2cccc(OC)c2)n1CCOC)C(=O)c1cccc(Cl)c1. The Bertz CT molecular complexity index is 1290. The smallest absolute Gasteiger partial charge is 0.254 e. The zero-order chi connectivity index (χ0) is 25.4. The van der Waals surface area contributed by atoms with E-state index in [-0.39, 0.29) is 43.1 Å². The van der Waals surface area contributed by atoms with E-state index in [9.17, 15) is 13.2 Å². The molecule has 0 unspecified atom stereocenters. The molecule has 8 nitrogen and oxygen atoms in total. The van der Waals surface area contributed by atoms with Gasteiger partial charge in [-0.15, -0.1) is 6.58 Å². The molecule has 186 valence electrons. The van der Waals surface area contributed by atoms with Crippen LogP contribution in [0.2, 0.25) is 5.02 Å². The van der Waals surface area contributed by atoms with Crippen molar-refractivity contribution in [2.75, 3.05) is 27.4 Å². The van der Waals surface area contributed by atoms with E-state index in [1.54, 1.807) is 64.1 Å². The molecule has 0 spiro atoms. The van der Waals surface area contributed by atoms with Crippen LogP contribution in [0.25, 0.3) is 0 Å². The molecule has 1 heterocycles. The van der Waals surface area contributed by atoms with Crippen LogP contribution < -0.4 is 4.74 Å². The monoisotopic (exact) mass is 517 g/mol. The van der Waals surface area contributed by atoms with Gasteiger partial charge in [-0.2, -0.15) is 0 Å². The Morgan fingerprint density at radius 2 is 1.97 bits per heavy atom. The van der Waals surface area contributed by atoms with Crippen molar-refractivity contribution in [3.05, 3.63) is 89.2 Å². The Hall–Kier alpha value is -3.14. The fourth-order valence-corrected chi connectivity index (χ4v) is 5.30. The molecule has 0 atom stereocenters. The zero-order valence-electron chi connectivity index (χ0n) is 19.7. The third-order valence-electron chi connectivity index (χ3n) is 5.25. The summed E-state index contributed by atoms with van der Waals surface area (Å²) in [6, 6.07) is 13.5. The maximum absolute atomic E-state index is 13.3. The van der Waals surface area contributed by atoms with Gasteiger partial charge in [-0.05, 0) is 35.9 Å². The highest BCUT2D eigenvalue weighted by molar-refractivity contribution is 7.90. The Morgan fingerprint density at radius 1 is 1.20 bits per heavy atom. The molecule has 10 heteroatoms. The molecule has 1 aromatic heterocycles. The standard InChI is InChI=1S/C25H28ClN3O5S/c1-4-11-28(24(30)20-8-6-9-21(26)15-20)17-22-16-27-25(29(22)12-13-33-2)35(31,32)18-19-7-5-10-23(14-19)34-3/h4-10,14-16H,1,11-13,17-18H2,2-3H3. The van der Waals surface area contributed by atoms with Gasteiger partial charge in [0.15, 0.2) is 0 Å². The van der Waals surface area contributed by atoms with E-state index in [1.165, 1.54) is 20.4 Å². The molecule has 2 aromatic carbocycles. The van der Waals surface area contributed by atoms with Gasteiger partial charge in [0, 0.05) is 30.8 Å². The van der Waals surface area contributed by atoms with E-state index in [0.717, 1.165) is 0 Å². The first-order valence-corrected chi connectivity index (χ1v) is 12.9. The molecule has 0 aliphatic rings. The van der Waals surface area contributed by atoms with Crippen LogP contribution in [0.5, 0.6) is 5.75 Å². The molecule has 3 aromatic rings. The Balaban J connectivity index is 1.94. The van der Waals surface area contributed by atoms with Crippen LogP contribution in [-0.4, -0.2) is 56.1 Å².